The highest BCUT2D eigenvalue weighted by atomic mass is 28.3. The van der Waals surface area contributed by atoms with Crippen LogP contribution in [-0.4, -0.2) is 8.07 Å². The first-order valence-corrected chi connectivity index (χ1v) is 8.38. The van der Waals surface area contributed by atoms with E-state index in [1.807, 2.05) is 0 Å². The molecule has 0 saturated heterocycles. The minimum Gasteiger partial charge on any atom is -0.0691 e. The summed E-state index contributed by atoms with van der Waals surface area (Å²) in [7, 11) is -0.911. The van der Waals surface area contributed by atoms with E-state index in [1.165, 1.54) is 19.3 Å². The third-order valence-corrected chi connectivity index (χ3v) is 8.30. The van der Waals surface area contributed by atoms with Gasteiger partial charge in [0.05, 0.1) is 8.07 Å². The lowest BCUT2D eigenvalue weighted by Gasteiger charge is -2.41. The van der Waals surface area contributed by atoms with Crippen molar-refractivity contribution in [3.63, 3.8) is 0 Å². The molecule has 0 N–H and O–H groups in total. The van der Waals surface area contributed by atoms with Crippen molar-refractivity contribution in [2.75, 3.05) is 0 Å². The number of rotatable bonds is 1. The summed E-state index contributed by atoms with van der Waals surface area (Å²) in [6, 6.07) is 0. The number of hydrogen-bond donors (Lipinski definition) is 0. The molecule has 11 heavy (non-hydrogen) atoms. The van der Waals surface area contributed by atoms with Gasteiger partial charge in [-0.1, -0.05) is 46.3 Å². The Bertz CT molecular complexity index is 145. The van der Waals surface area contributed by atoms with Crippen LogP contribution >= 0.6 is 0 Å². The van der Waals surface area contributed by atoms with E-state index in [9.17, 15) is 0 Å². The Kier molecular flexibility index (Phi) is 2.21. The highest BCUT2D eigenvalue weighted by molar-refractivity contribution is 6.79. The maximum atomic E-state index is 2.52. The van der Waals surface area contributed by atoms with Crippen molar-refractivity contribution in [2.45, 2.75) is 57.8 Å². The standard InChI is InChI=1S/C10H22Si/c1-9-7-6-8-10(9,2)11(3,4)5/h9H,6-8H2,1-5H3. The first-order chi connectivity index (χ1) is 4.88. The summed E-state index contributed by atoms with van der Waals surface area (Å²) in [6.45, 7) is 12.5. The molecule has 0 spiro atoms. The fourth-order valence-corrected chi connectivity index (χ4v) is 5.00. The van der Waals surface area contributed by atoms with Crippen LogP contribution in [0.3, 0.4) is 0 Å². The molecule has 0 radical (unpaired) electrons. The van der Waals surface area contributed by atoms with Crippen LogP contribution in [0.15, 0.2) is 0 Å². The minimum absolute atomic E-state index is 0.729. The molecule has 1 heteroatoms. The zero-order valence-corrected chi connectivity index (χ0v) is 9.70. The SMILES string of the molecule is CC1CCCC1(C)[Si](C)(C)C. The van der Waals surface area contributed by atoms with Crippen LogP contribution in [-0.2, 0) is 0 Å². The third-order valence-electron chi connectivity index (χ3n) is 4.13. The summed E-state index contributed by atoms with van der Waals surface area (Å²) in [5, 5.41) is 0.729. The monoisotopic (exact) mass is 170 g/mol. The highest BCUT2D eigenvalue weighted by Crippen LogP contribution is 2.55. The Morgan fingerprint density at radius 3 is 2.00 bits per heavy atom. The first kappa shape index (κ1) is 9.31. The molecule has 0 heterocycles. The Labute approximate surface area is 72.4 Å². The molecule has 0 aromatic carbocycles. The largest absolute Gasteiger partial charge is 0.0691 e. The molecule has 0 aromatic rings. The van der Waals surface area contributed by atoms with E-state index < -0.39 is 8.07 Å². The summed E-state index contributed by atoms with van der Waals surface area (Å²) in [5.74, 6) is 0.981. The molecule has 0 aromatic heterocycles. The Balaban J connectivity index is 2.81. The van der Waals surface area contributed by atoms with E-state index in [2.05, 4.69) is 33.5 Å². The van der Waals surface area contributed by atoms with Gasteiger partial charge in [0.25, 0.3) is 0 Å². The van der Waals surface area contributed by atoms with E-state index in [-0.39, 0.29) is 0 Å². The summed E-state index contributed by atoms with van der Waals surface area (Å²) < 4.78 is 0. The molecule has 1 saturated carbocycles. The van der Waals surface area contributed by atoms with Gasteiger partial charge in [0.1, 0.15) is 0 Å². The van der Waals surface area contributed by atoms with Crippen LogP contribution in [0.4, 0.5) is 0 Å². The van der Waals surface area contributed by atoms with Crippen molar-refractivity contribution >= 4 is 8.07 Å². The molecule has 0 amide bonds. The maximum Gasteiger partial charge on any atom is 0.0505 e. The Hall–Kier alpha value is 0.217. The Morgan fingerprint density at radius 2 is 1.82 bits per heavy atom. The lowest BCUT2D eigenvalue weighted by Crippen LogP contribution is -2.39. The molecule has 0 bridgehead atoms. The smallest absolute Gasteiger partial charge is 0.0505 e. The molecule has 1 aliphatic rings. The third kappa shape index (κ3) is 1.40. The first-order valence-electron chi connectivity index (χ1n) is 4.88. The van der Waals surface area contributed by atoms with Crippen LogP contribution in [0, 0.1) is 5.92 Å². The van der Waals surface area contributed by atoms with Gasteiger partial charge in [0.15, 0.2) is 0 Å². The molecular formula is C10H22Si. The van der Waals surface area contributed by atoms with Gasteiger partial charge in [-0.15, -0.1) is 0 Å². The second kappa shape index (κ2) is 2.62. The average Bonchev–Trinajstić information content (AvgIpc) is 2.12. The molecule has 0 nitrogen and oxygen atoms in total. The van der Waals surface area contributed by atoms with Gasteiger partial charge in [-0.3, -0.25) is 0 Å². The van der Waals surface area contributed by atoms with Gasteiger partial charge in [-0.05, 0) is 17.4 Å². The zero-order chi connectivity index (χ0) is 8.70. The van der Waals surface area contributed by atoms with Crippen molar-refractivity contribution < 1.29 is 0 Å². The van der Waals surface area contributed by atoms with Crippen molar-refractivity contribution in [1.82, 2.24) is 0 Å². The van der Waals surface area contributed by atoms with Gasteiger partial charge in [0, 0.05) is 0 Å². The quantitative estimate of drug-likeness (QED) is 0.524. The van der Waals surface area contributed by atoms with Crippen molar-refractivity contribution in [1.29, 1.82) is 0 Å². The summed E-state index contributed by atoms with van der Waals surface area (Å²) in [4.78, 5) is 0. The van der Waals surface area contributed by atoms with Gasteiger partial charge in [-0.2, -0.15) is 0 Å². The summed E-state index contributed by atoms with van der Waals surface area (Å²) in [5.41, 5.74) is 0. The second-order valence-electron chi connectivity index (χ2n) is 5.46. The van der Waals surface area contributed by atoms with Crippen molar-refractivity contribution in [2.24, 2.45) is 5.92 Å². The van der Waals surface area contributed by atoms with Gasteiger partial charge in [-0.25, -0.2) is 0 Å². The Morgan fingerprint density at radius 1 is 1.27 bits per heavy atom. The average molecular weight is 170 g/mol. The van der Waals surface area contributed by atoms with Crippen molar-refractivity contribution in [3.05, 3.63) is 0 Å². The van der Waals surface area contributed by atoms with Gasteiger partial charge >= 0.3 is 0 Å². The van der Waals surface area contributed by atoms with E-state index in [1.54, 1.807) is 0 Å². The van der Waals surface area contributed by atoms with Gasteiger partial charge < -0.3 is 0 Å². The fourth-order valence-electron chi connectivity index (χ4n) is 2.45. The lowest BCUT2D eigenvalue weighted by molar-refractivity contribution is 0.460. The van der Waals surface area contributed by atoms with Crippen LogP contribution in [0.1, 0.15) is 33.1 Å². The summed E-state index contributed by atoms with van der Waals surface area (Å²) in [6.07, 6.45) is 4.44. The normalized spacial score (nSPS) is 39.5. The topological polar surface area (TPSA) is 0 Å². The molecule has 1 rings (SSSR count). The molecule has 1 aliphatic carbocycles. The molecule has 66 valence electrons. The van der Waals surface area contributed by atoms with Crippen LogP contribution in [0.2, 0.25) is 24.7 Å². The minimum atomic E-state index is -0.911. The van der Waals surface area contributed by atoms with Gasteiger partial charge in [0.2, 0.25) is 0 Å². The molecular weight excluding hydrogens is 148 g/mol. The second-order valence-corrected chi connectivity index (χ2v) is 11.1. The predicted molar refractivity (Wildman–Crippen MR) is 54.7 cm³/mol. The zero-order valence-electron chi connectivity index (χ0n) is 8.70. The summed E-state index contributed by atoms with van der Waals surface area (Å²) >= 11 is 0. The van der Waals surface area contributed by atoms with Crippen LogP contribution in [0.5, 0.6) is 0 Å². The van der Waals surface area contributed by atoms with E-state index in [0.29, 0.717) is 0 Å². The van der Waals surface area contributed by atoms with Crippen molar-refractivity contribution in [3.8, 4) is 0 Å². The number of hydrogen-bond acceptors (Lipinski definition) is 0. The van der Waals surface area contributed by atoms with E-state index in [4.69, 9.17) is 0 Å². The van der Waals surface area contributed by atoms with Crippen LogP contribution < -0.4 is 0 Å². The fraction of sp³-hybridized carbons (Fsp3) is 1.00. The molecule has 2 unspecified atom stereocenters. The molecule has 1 fully saturated rings. The highest BCUT2D eigenvalue weighted by Gasteiger charge is 2.45. The molecule has 2 atom stereocenters. The molecule has 0 aliphatic heterocycles. The predicted octanol–water partition coefficient (Wildman–Crippen LogP) is 3.90. The van der Waals surface area contributed by atoms with E-state index >= 15 is 0 Å². The van der Waals surface area contributed by atoms with Crippen LogP contribution in [0.25, 0.3) is 0 Å². The maximum absolute atomic E-state index is 2.52. The van der Waals surface area contributed by atoms with E-state index in [0.717, 1.165) is 11.0 Å². The lowest BCUT2D eigenvalue weighted by atomic mass is 9.99.